The Hall–Kier alpha value is -4.24. The number of aliphatic carboxylic acids is 1. The minimum atomic E-state index is -1.26. The molecule has 2 aromatic carbocycles. The van der Waals surface area contributed by atoms with Crippen LogP contribution < -0.4 is 5.43 Å². The van der Waals surface area contributed by atoms with Crippen LogP contribution in [0.2, 0.25) is 0 Å². The molecule has 1 aromatic heterocycles. The number of fused-ring (bicyclic) bond motifs is 4. The van der Waals surface area contributed by atoms with Gasteiger partial charge in [0.25, 0.3) is 0 Å². The Morgan fingerprint density at radius 1 is 1.06 bits per heavy atom. The van der Waals surface area contributed by atoms with E-state index in [1.807, 2.05) is 0 Å². The zero-order chi connectivity index (χ0) is 24.5. The van der Waals surface area contributed by atoms with Crippen molar-refractivity contribution < 1.29 is 38.9 Å². The monoisotopic (exact) mass is 462 g/mol. The lowest BCUT2D eigenvalue weighted by molar-refractivity contribution is -0.136. The van der Waals surface area contributed by atoms with Crippen LogP contribution in [0.1, 0.15) is 57.0 Å². The zero-order valence-corrected chi connectivity index (χ0v) is 18.0. The number of aromatic hydroxyl groups is 2. The smallest absolute Gasteiger partial charge is 0.307 e. The van der Waals surface area contributed by atoms with Gasteiger partial charge in [0.05, 0.1) is 28.5 Å². The highest BCUT2D eigenvalue weighted by Gasteiger charge is 2.55. The van der Waals surface area contributed by atoms with Crippen molar-refractivity contribution in [2.24, 2.45) is 0 Å². The van der Waals surface area contributed by atoms with Gasteiger partial charge in [-0.2, -0.15) is 0 Å². The first-order valence-electron chi connectivity index (χ1n) is 10.4. The summed E-state index contributed by atoms with van der Waals surface area (Å²) in [6.07, 6.45) is 2.56. The second kappa shape index (κ2) is 7.13. The van der Waals surface area contributed by atoms with Gasteiger partial charge in [-0.3, -0.25) is 19.2 Å². The number of ketones is 2. The second-order valence-corrected chi connectivity index (χ2v) is 8.39. The van der Waals surface area contributed by atoms with Gasteiger partial charge in [-0.1, -0.05) is 12.2 Å². The molecule has 0 spiro atoms. The van der Waals surface area contributed by atoms with Crippen LogP contribution >= 0.6 is 0 Å². The quantitative estimate of drug-likeness (QED) is 0.236. The SMILES string of the molecule is CC=CC1OC1(C)c1cc(=O)c2c(CC(=O)O)cc3c(c2o1)C(=O)c1c(O)ccc(O)c1C3=O. The number of hydrogen-bond donors (Lipinski definition) is 3. The molecule has 2 unspecified atom stereocenters. The van der Waals surface area contributed by atoms with Crippen LogP contribution in [-0.4, -0.2) is 39.0 Å². The molecule has 1 saturated heterocycles. The van der Waals surface area contributed by atoms with Crippen LogP contribution in [0.5, 0.6) is 11.5 Å². The van der Waals surface area contributed by atoms with E-state index in [9.17, 15) is 34.5 Å². The van der Waals surface area contributed by atoms with Crippen LogP contribution in [0.15, 0.2) is 45.6 Å². The van der Waals surface area contributed by atoms with Gasteiger partial charge in [0, 0.05) is 11.6 Å². The number of benzene rings is 2. The van der Waals surface area contributed by atoms with Crippen LogP contribution in [0.4, 0.5) is 0 Å². The molecule has 3 aromatic rings. The Labute approximate surface area is 191 Å². The number of allylic oxidation sites excluding steroid dienone is 1. The molecule has 9 nitrogen and oxygen atoms in total. The van der Waals surface area contributed by atoms with E-state index in [0.29, 0.717) is 0 Å². The number of carboxylic acids is 1. The fraction of sp³-hybridized carbons (Fsp3) is 0.200. The Morgan fingerprint density at radius 2 is 1.71 bits per heavy atom. The van der Waals surface area contributed by atoms with E-state index in [1.54, 1.807) is 26.0 Å². The summed E-state index contributed by atoms with van der Waals surface area (Å²) in [6, 6.07) is 4.51. The molecule has 0 amide bonds. The Kier molecular flexibility index (Phi) is 4.53. The third kappa shape index (κ3) is 2.90. The molecule has 3 N–H and O–H groups in total. The molecule has 2 atom stereocenters. The van der Waals surface area contributed by atoms with Crippen molar-refractivity contribution in [2.45, 2.75) is 32.0 Å². The molecule has 5 rings (SSSR count). The fourth-order valence-corrected chi connectivity index (χ4v) is 4.49. The third-order valence-corrected chi connectivity index (χ3v) is 6.23. The van der Waals surface area contributed by atoms with Crippen molar-refractivity contribution in [3.8, 4) is 11.5 Å². The van der Waals surface area contributed by atoms with E-state index < -0.39 is 57.6 Å². The molecule has 1 aliphatic heterocycles. The number of hydrogen-bond acceptors (Lipinski definition) is 8. The highest BCUT2D eigenvalue weighted by atomic mass is 16.6. The largest absolute Gasteiger partial charge is 0.507 e. The fourth-order valence-electron chi connectivity index (χ4n) is 4.49. The molecule has 1 aliphatic carbocycles. The number of ether oxygens (including phenoxy) is 1. The van der Waals surface area contributed by atoms with Gasteiger partial charge < -0.3 is 24.5 Å². The highest BCUT2D eigenvalue weighted by molar-refractivity contribution is 6.33. The van der Waals surface area contributed by atoms with Crippen LogP contribution in [0.25, 0.3) is 11.0 Å². The molecule has 0 radical (unpaired) electrons. The highest BCUT2D eigenvalue weighted by Crippen LogP contribution is 2.48. The number of epoxide rings is 1. The first kappa shape index (κ1) is 21.6. The number of phenolic OH excluding ortho intramolecular Hbond substituents is 2. The lowest BCUT2D eigenvalue weighted by Gasteiger charge is -2.21. The summed E-state index contributed by atoms with van der Waals surface area (Å²) in [4.78, 5) is 51.5. The summed E-state index contributed by atoms with van der Waals surface area (Å²) in [6.45, 7) is 3.50. The van der Waals surface area contributed by atoms with E-state index in [0.717, 1.165) is 18.2 Å². The summed E-state index contributed by atoms with van der Waals surface area (Å²) in [7, 11) is 0. The first-order valence-corrected chi connectivity index (χ1v) is 10.4. The predicted molar refractivity (Wildman–Crippen MR) is 117 cm³/mol. The van der Waals surface area contributed by atoms with Crippen molar-refractivity contribution in [2.75, 3.05) is 0 Å². The Balaban J connectivity index is 1.87. The summed E-state index contributed by atoms with van der Waals surface area (Å²) in [5.41, 5.74) is -3.20. The first-order chi connectivity index (χ1) is 16.1. The molecule has 2 heterocycles. The van der Waals surface area contributed by atoms with Crippen molar-refractivity contribution >= 4 is 28.5 Å². The van der Waals surface area contributed by atoms with Crippen molar-refractivity contribution in [1.29, 1.82) is 0 Å². The van der Waals surface area contributed by atoms with E-state index in [1.165, 1.54) is 6.07 Å². The predicted octanol–water partition coefficient (Wildman–Crippen LogP) is 2.80. The molecule has 0 saturated carbocycles. The summed E-state index contributed by atoms with van der Waals surface area (Å²) in [5.74, 6) is -3.83. The van der Waals surface area contributed by atoms with Crippen LogP contribution in [0.3, 0.4) is 0 Å². The van der Waals surface area contributed by atoms with Gasteiger partial charge in [-0.25, -0.2) is 0 Å². The Bertz CT molecular complexity index is 1540. The van der Waals surface area contributed by atoms with E-state index >= 15 is 0 Å². The maximum Gasteiger partial charge on any atom is 0.307 e. The summed E-state index contributed by atoms with van der Waals surface area (Å²) in [5, 5.41) is 29.8. The van der Waals surface area contributed by atoms with Gasteiger partial charge >= 0.3 is 5.97 Å². The summed E-state index contributed by atoms with van der Waals surface area (Å²) >= 11 is 0. The lowest BCUT2D eigenvalue weighted by atomic mass is 9.80. The summed E-state index contributed by atoms with van der Waals surface area (Å²) < 4.78 is 11.7. The maximum atomic E-state index is 13.5. The molecular formula is C25H18O9. The average molecular weight is 462 g/mol. The molecule has 0 bridgehead atoms. The van der Waals surface area contributed by atoms with Gasteiger partial charge in [0.2, 0.25) is 5.78 Å². The van der Waals surface area contributed by atoms with E-state index in [2.05, 4.69) is 0 Å². The number of carbonyl (C=O) groups is 3. The maximum absolute atomic E-state index is 13.5. The van der Waals surface area contributed by atoms with E-state index in [4.69, 9.17) is 9.15 Å². The van der Waals surface area contributed by atoms with Crippen LogP contribution in [0, 0.1) is 0 Å². The second-order valence-electron chi connectivity index (χ2n) is 8.39. The molecular weight excluding hydrogens is 444 g/mol. The topological polar surface area (TPSA) is 155 Å². The van der Waals surface area contributed by atoms with E-state index in [-0.39, 0.29) is 39.5 Å². The minimum absolute atomic E-state index is 0.0161. The molecule has 1 fully saturated rings. The van der Waals surface area contributed by atoms with Crippen molar-refractivity contribution in [3.05, 3.63) is 80.2 Å². The molecule has 34 heavy (non-hydrogen) atoms. The van der Waals surface area contributed by atoms with Crippen molar-refractivity contribution in [1.82, 2.24) is 0 Å². The normalized spacial score (nSPS) is 21.1. The number of rotatable bonds is 4. The van der Waals surface area contributed by atoms with Gasteiger partial charge in [-0.15, -0.1) is 0 Å². The molecule has 9 heteroatoms. The average Bonchev–Trinajstić information content (AvgIpc) is 3.43. The zero-order valence-electron chi connectivity index (χ0n) is 18.0. The van der Waals surface area contributed by atoms with Gasteiger partial charge in [0.1, 0.15) is 28.9 Å². The standard InChI is InChI=1S/C25H18O9/c1-3-4-15-25(2,34-15)16-9-14(28)18-10(8-17(29)30)7-11-19(24(18)33-16)23(32)21-13(27)6-5-12(26)20(21)22(11)31/h3-7,9,15,26-27H,8H2,1-2H3,(H,29,30). The van der Waals surface area contributed by atoms with Crippen LogP contribution in [-0.2, 0) is 21.6 Å². The van der Waals surface area contributed by atoms with Gasteiger partial charge in [0.15, 0.2) is 16.8 Å². The third-order valence-electron chi connectivity index (χ3n) is 6.23. The lowest BCUT2D eigenvalue weighted by Crippen LogP contribution is -2.24. The number of phenols is 2. The Morgan fingerprint density at radius 3 is 2.32 bits per heavy atom. The number of carboxylic acid groups (broad SMARTS) is 1. The molecule has 172 valence electrons. The van der Waals surface area contributed by atoms with Crippen molar-refractivity contribution in [3.63, 3.8) is 0 Å². The van der Waals surface area contributed by atoms with Gasteiger partial charge in [-0.05, 0) is 37.6 Å². The molecule has 2 aliphatic rings. The minimum Gasteiger partial charge on any atom is -0.507 e. The number of carbonyl (C=O) groups excluding carboxylic acids is 2.